The lowest BCUT2D eigenvalue weighted by molar-refractivity contribution is 0.0696. The Kier molecular flexibility index (Phi) is 3.72. The molecule has 0 amide bonds. The number of hydrogen-bond acceptors (Lipinski definition) is 5. The Hall–Kier alpha value is -1.67. The first-order chi connectivity index (χ1) is 8.86. The highest BCUT2D eigenvalue weighted by atomic mass is 32.2. The van der Waals surface area contributed by atoms with Gasteiger partial charge in [0.2, 0.25) is 15.9 Å². The average molecular weight is 286 g/mol. The minimum atomic E-state index is -3.19. The molecule has 0 saturated carbocycles. The van der Waals surface area contributed by atoms with Crippen molar-refractivity contribution in [3.05, 3.63) is 23.9 Å². The van der Waals surface area contributed by atoms with E-state index in [1.54, 1.807) is 0 Å². The highest BCUT2D eigenvalue weighted by molar-refractivity contribution is 7.88. The van der Waals surface area contributed by atoms with E-state index in [9.17, 15) is 13.2 Å². The maximum Gasteiger partial charge on any atom is 0.337 e. The molecule has 2 rings (SSSR count). The van der Waals surface area contributed by atoms with Gasteiger partial charge in [-0.25, -0.2) is 18.2 Å². The Morgan fingerprint density at radius 3 is 2.74 bits per heavy atom. The highest BCUT2D eigenvalue weighted by Crippen LogP contribution is 2.18. The van der Waals surface area contributed by atoms with Crippen LogP contribution >= 0.6 is 0 Å². The van der Waals surface area contributed by atoms with Gasteiger partial charge < -0.3 is 9.84 Å². The summed E-state index contributed by atoms with van der Waals surface area (Å²) in [4.78, 5) is 14.5. The first kappa shape index (κ1) is 13.8. The van der Waals surface area contributed by atoms with E-state index in [2.05, 4.69) is 4.98 Å². The lowest BCUT2D eigenvalue weighted by atomic mass is 10.3. The minimum Gasteiger partial charge on any atom is -0.478 e. The van der Waals surface area contributed by atoms with Crippen LogP contribution in [0, 0.1) is 0 Å². The fraction of sp³-hybridized carbons (Fsp3) is 0.455. The Morgan fingerprint density at radius 1 is 1.53 bits per heavy atom. The summed E-state index contributed by atoms with van der Waals surface area (Å²) >= 11 is 0. The number of carboxylic acids is 1. The number of pyridine rings is 1. The van der Waals surface area contributed by atoms with E-state index in [-0.39, 0.29) is 11.7 Å². The summed E-state index contributed by atoms with van der Waals surface area (Å²) in [6, 6.07) is 2.86. The van der Waals surface area contributed by atoms with E-state index in [1.807, 2.05) is 0 Å². The number of aromatic carboxylic acids is 1. The summed E-state index contributed by atoms with van der Waals surface area (Å²) in [6.45, 7) is 0.720. The quantitative estimate of drug-likeness (QED) is 0.848. The molecule has 1 atom stereocenters. The Balaban J connectivity index is 1.98. The van der Waals surface area contributed by atoms with Crippen molar-refractivity contribution < 1.29 is 23.1 Å². The Morgan fingerprint density at radius 2 is 2.26 bits per heavy atom. The Labute approximate surface area is 110 Å². The van der Waals surface area contributed by atoms with Gasteiger partial charge in [-0.1, -0.05) is 0 Å². The third-order valence-corrected chi connectivity index (χ3v) is 4.12. The standard InChI is InChI=1S/C11H14N2O5S/c1-19(16,17)13-5-4-9(7-13)18-10-3-2-8(6-12-10)11(14)15/h2-3,6,9H,4-5,7H2,1H3,(H,14,15)/t9-/m1/s1. The molecule has 1 aromatic heterocycles. The summed E-state index contributed by atoms with van der Waals surface area (Å²) in [6.07, 6.45) is 2.71. The second-order valence-corrected chi connectivity index (χ2v) is 6.32. The summed E-state index contributed by atoms with van der Waals surface area (Å²) in [5.74, 6) is -0.756. The van der Waals surface area contributed by atoms with Gasteiger partial charge in [0.1, 0.15) is 6.10 Å². The van der Waals surface area contributed by atoms with Gasteiger partial charge >= 0.3 is 5.97 Å². The molecule has 7 nitrogen and oxygen atoms in total. The zero-order valence-corrected chi connectivity index (χ0v) is 11.1. The predicted octanol–water partition coefficient (Wildman–Crippen LogP) is 0.192. The van der Waals surface area contributed by atoms with Crippen molar-refractivity contribution in [3.63, 3.8) is 0 Å². The fourth-order valence-electron chi connectivity index (χ4n) is 1.84. The zero-order chi connectivity index (χ0) is 14.0. The Bertz CT molecular complexity index is 569. The van der Waals surface area contributed by atoms with Crippen LogP contribution in [0.2, 0.25) is 0 Å². The number of rotatable bonds is 4. The van der Waals surface area contributed by atoms with E-state index < -0.39 is 16.0 Å². The number of nitrogens with zero attached hydrogens (tertiary/aromatic N) is 2. The molecular weight excluding hydrogens is 272 g/mol. The predicted molar refractivity (Wildman–Crippen MR) is 66.6 cm³/mol. The van der Waals surface area contributed by atoms with Crippen LogP contribution in [-0.4, -0.2) is 54.2 Å². The molecule has 1 aromatic rings. The molecule has 8 heteroatoms. The second kappa shape index (κ2) is 5.14. The van der Waals surface area contributed by atoms with Crippen molar-refractivity contribution in [1.29, 1.82) is 0 Å². The fourth-order valence-corrected chi connectivity index (χ4v) is 2.72. The second-order valence-electron chi connectivity index (χ2n) is 4.34. The van der Waals surface area contributed by atoms with Crippen LogP contribution in [0.1, 0.15) is 16.8 Å². The first-order valence-corrected chi connectivity index (χ1v) is 7.52. The van der Waals surface area contributed by atoms with Crippen molar-refractivity contribution in [3.8, 4) is 5.88 Å². The normalized spacial score (nSPS) is 20.4. The van der Waals surface area contributed by atoms with Gasteiger partial charge in [-0.3, -0.25) is 0 Å². The van der Waals surface area contributed by atoms with Gasteiger partial charge in [0.25, 0.3) is 0 Å². The SMILES string of the molecule is CS(=O)(=O)N1CC[C@@H](Oc2ccc(C(=O)O)cn2)C1. The van der Waals surface area contributed by atoms with Gasteiger partial charge in [0.15, 0.2) is 0 Å². The van der Waals surface area contributed by atoms with Crippen molar-refractivity contribution in [2.75, 3.05) is 19.3 Å². The van der Waals surface area contributed by atoms with Crippen LogP contribution in [0.5, 0.6) is 5.88 Å². The summed E-state index contributed by atoms with van der Waals surface area (Å²) in [7, 11) is -3.19. The van der Waals surface area contributed by atoms with Crippen molar-refractivity contribution in [2.24, 2.45) is 0 Å². The largest absolute Gasteiger partial charge is 0.478 e. The lowest BCUT2D eigenvalue weighted by Gasteiger charge is -2.14. The third kappa shape index (κ3) is 3.42. The van der Waals surface area contributed by atoms with Crippen LogP contribution in [0.15, 0.2) is 18.3 Å². The molecule has 104 valence electrons. The molecule has 1 N–H and O–H groups in total. The van der Waals surface area contributed by atoms with Crippen molar-refractivity contribution in [1.82, 2.24) is 9.29 Å². The molecule has 19 heavy (non-hydrogen) atoms. The minimum absolute atomic E-state index is 0.0801. The van der Waals surface area contributed by atoms with Crippen LogP contribution in [-0.2, 0) is 10.0 Å². The monoisotopic (exact) mass is 286 g/mol. The van der Waals surface area contributed by atoms with Gasteiger partial charge in [-0.05, 0) is 12.5 Å². The molecule has 2 heterocycles. The van der Waals surface area contributed by atoms with Gasteiger partial charge in [0.05, 0.1) is 18.4 Å². The molecule has 1 fully saturated rings. The van der Waals surface area contributed by atoms with Gasteiger partial charge in [-0.15, -0.1) is 0 Å². The maximum absolute atomic E-state index is 11.3. The molecule has 0 unspecified atom stereocenters. The van der Waals surface area contributed by atoms with E-state index >= 15 is 0 Å². The molecule has 1 aliphatic heterocycles. The number of sulfonamides is 1. The van der Waals surface area contributed by atoms with Crippen molar-refractivity contribution in [2.45, 2.75) is 12.5 Å². The lowest BCUT2D eigenvalue weighted by Crippen LogP contribution is -2.30. The number of carbonyl (C=O) groups is 1. The number of carboxylic acid groups (broad SMARTS) is 1. The van der Waals surface area contributed by atoms with Crippen LogP contribution < -0.4 is 4.74 Å². The van der Waals surface area contributed by atoms with E-state index in [0.29, 0.717) is 25.4 Å². The summed E-state index contributed by atoms with van der Waals surface area (Å²) < 4.78 is 29.6. The van der Waals surface area contributed by atoms with E-state index in [4.69, 9.17) is 9.84 Å². The molecule has 0 aromatic carbocycles. The van der Waals surface area contributed by atoms with E-state index in [1.165, 1.54) is 22.6 Å². The molecule has 0 radical (unpaired) electrons. The summed E-state index contributed by atoms with van der Waals surface area (Å²) in [5.41, 5.74) is 0.0801. The molecule has 0 aliphatic carbocycles. The number of aromatic nitrogens is 1. The molecule has 1 aliphatic rings. The third-order valence-electron chi connectivity index (χ3n) is 2.85. The number of ether oxygens (including phenoxy) is 1. The smallest absolute Gasteiger partial charge is 0.337 e. The highest BCUT2D eigenvalue weighted by Gasteiger charge is 2.30. The van der Waals surface area contributed by atoms with Crippen LogP contribution in [0.25, 0.3) is 0 Å². The van der Waals surface area contributed by atoms with Crippen molar-refractivity contribution >= 4 is 16.0 Å². The van der Waals surface area contributed by atoms with E-state index in [0.717, 1.165) is 6.26 Å². The molecule has 0 spiro atoms. The summed E-state index contributed by atoms with van der Waals surface area (Å²) in [5, 5.41) is 8.73. The van der Waals surface area contributed by atoms with Crippen LogP contribution in [0.3, 0.4) is 0 Å². The maximum atomic E-state index is 11.3. The molecular formula is C11H14N2O5S. The average Bonchev–Trinajstić information content (AvgIpc) is 2.78. The number of hydrogen-bond donors (Lipinski definition) is 1. The molecule has 1 saturated heterocycles. The van der Waals surface area contributed by atoms with Gasteiger partial charge in [-0.2, -0.15) is 4.31 Å². The molecule has 0 bridgehead atoms. The van der Waals surface area contributed by atoms with Gasteiger partial charge in [0, 0.05) is 18.8 Å². The van der Waals surface area contributed by atoms with Crippen LogP contribution in [0.4, 0.5) is 0 Å². The topological polar surface area (TPSA) is 96.8 Å². The zero-order valence-electron chi connectivity index (χ0n) is 10.3. The first-order valence-electron chi connectivity index (χ1n) is 5.67.